The highest BCUT2D eigenvalue weighted by Crippen LogP contribution is 2.36. The van der Waals surface area contributed by atoms with Gasteiger partial charge in [-0.05, 0) is 33.6 Å². The summed E-state index contributed by atoms with van der Waals surface area (Å²) in [4.78, 5) is 19.2. The average Bonchev–Trinajstić information content (AvgIpc) is 2.86. The smallest absolute Gasteiger partial charge is 0.320 e. The van der Waals surface area contributed by atoms with Crippen molar-refractivity contribution in [3.05, 3.63) is 0 Å². The lowest BCUT2D eigenvalue weighted by Crippen LogP contribution is -2.73. The first-order chi connectivity index (χ1) is 9.40. The summed E-state index contributed by atoms with van der Waals surface area (Å²) >= 11 is 0. The lowest BCUT2D eigenvalue weighted by Gasteiger charge is -2.59. The molecule has 114 valence electrons. The van der Waals surface area contributed by atoms with Crippen LogP contribution in [0.5, 0.6) is 0 Å². The Bertz CT molecular complexity index is 381. The molecule has 3 rings (SSSR count). The second-order valence-corrected chi connectivity index (χ2v) is 7.40. The first-order valence-corrected chi connectivity index (χ1v) is 7.75. The van der Waals surface area contributed by atoms with Gasteiger partial charge in [0.1, 0.15) is 0 Å². The number of likely N-dealkylation sites (tertiary alicyclic amines) is 3. The second kappa shape index (κ2) is 4.88. The fourth-order valence-electron chi connectivity index (χ4n) is 3.73. The Morgan fingerprint density at radius 3 is 2.30 bits per heavy atom. The maximum Gasteiger partial charge on any atom is 0.320 e. The number of piperazine rings is 1. The van der Waals surface area contributed by atoms with E-state index in [-0.39, 0.29) is 17.7 Å². The Morgan fingerprint density at radius 1 is 1.15 bits per heavy atom. The lowest BCUT2D eigenvalue weighted by atomic mass is 9.85. The van der Waals surface area contributed by atoms with Gasteiger partial charge in [0.05, 0.1) is 6.10 Å². The lowest BCUT2D eigenvalue weighted by molar-refractivity contribution is -0.0732. The molecular weight excluding hydrogens is 254 g/mol. The van der Waals surface area contributed by atoms with Crippen LogP contribution in [0.2, 0.25) is 0 Å². The van der Waals surface area contributed by atoms with Crippen LogP contribution in [0.25, 0.3) is 0 Å². The Balaban J connectivity index is 1.60. The molecular formula is C15H27N3O2. The number of hydrogen-bond donors (Lipinski definition) is 0. The molecule has 2 bridgehead atoms. The van der Waals surface area contributed by atoms with Gasteiger partial charge in [-0.15, -0.1) is 0 Å². The number of carbonyl (C=O) groups is 1. The molecule has 5 nitrogen and oxygen atoms in total. The van der Waals surface area contributed by atoms with Crippen molar-refractivity contribution in [3.8, 4) is 0 Å². The molecule has 0 aromatic heterocycles. The summed E-state index contributed by atoms with van der Waals surface area (Å²) in [5.41, 5.74) is 0.209. The Hall–Kier alpha value is -0.810. The number of nitrogens with zero attached hydrogens (tertiary/aromatic N) is 3. The zero-order chi connectivity index (χ0) is 14.5. The highest BCUT2D eigenvalue weighted by Gasteiger charge is 2.50. The van der Waals surface area contributed by atoms with E-state index in [9.17, 15) is 4.79 Å². The molecule has 0 aliphatic carbocycles. The average molecular weight is 281 g/mol. The normalized spacial score (nSPS) is 34.3. The van der Waals surface area contributed by atoms with E-state index in [0.29, 0.717) is 12.1 Å². The molecule has 3 atom stereocenters. The minimum atomic E-state index is 0.209. The standard InChI is InChI=1S/C15H27N3O2/c1-15(2,3)17-8-11-7-12(9-17)18(11)14(19)16-6-5-13(10-16)20-4/h11-13H,5-10H2,1-4H3. The fourth-order valence-corrected chi connectivity index (χ4v) is 3.73. The number of piperidine rings is 1. The molecule has 3 saturated heterocycles. The van der Waals surface area contributed by atoms with Gasteiger partial charge in [0.25, 0.3) is 0 Å². The Morgan fingerprint density at radius 2 is 1.80 bits per heavy atom. The molecule has 20 heavy (non-hydrogen) atoms. The van der Waals surface area contributed by atoms with Gasteiger partial charge < -0.3 is 14.5 Å². The van der Waals surface area contributed by atoms with Gasteiger partial charge in [-0.2, -0.15) is 0 Å². The largest absolute Gasteiger partial charge is 0.380 e. The quantitative estimate of drug-likeness (QED) is 0.728. The number of amides is 2. The van der Waals surface area contributed by atoms with Crippen LogP contribution < -0.4 is 0 Å². The number of rotatable bonds is 1. The zero-order valence-electron chi connectivity index (χ0n) is 13.1. The van der Waals surface area contributed by atoms with Gasteiger partial charge in [0, 0.05) is 50.9 Å². The van der Waals surface area contributed by atoms with Gasteiger partial charge >= 0.3 is 6.03 Å². The van der Waals surface area contributed by atoms with E-state index in [1.165, 1.54) is 6.42 Å². The molecule has 0 aromatic carbocycles. The molecule has 2 amide bonds. The van der Waals surface area contributed by atoms with E-state index in [0.717, 1.165) is 32.6 Å². The van der Waals surface area contributed by atoms with E-state index in [1.54, 1.807) is 7.11 Å². The summed E-state index contributed by atoms with van der Waals surface area (Å²) in [5.74, 6) is 0. The molecule has 3 unspecified atom stereocenters. The Labute approximate surface area is 121 Å². The molecule has 3 aliphatic heterocycles. The maximum atomic E-state index is 12.6. The third-order valence-electron chi connectivity index (χ3n) is 5.11. The second-order valence-electron chi connectivity index (χ2n) is 7.40. The van der Waals surface area contributed by atoms with E-state index in [2.05, 4.69) is 30.6 Å². The predicted molar refractivity (Wildman–Crippen MR) is 77.7 cm³/mol. The van der Waals surface area contributed by atoms with Gasteiger partial charge in [-0.1, -0.05) is 0 Å². The fraction of sp³-hybridized carbons (Fsp3) is 0.933. The third-order valence-corrected chi connectivity index (χ3v) is 5.11. The van der Waals surface area contributed by atoms with Crippen LogP contribution in [-0.4, -0.2) is 77.7 Å². The molecule has 3 fully saturated rings. The number of ether oxygens (including phenoxy) is 1. The topological polar surface area (TPSA) is 36.0 Å². The summed E-state index contributed by atoms with van der Waals surface area (Å²) in [6.45, 7) is 10.4. The van der Waals surface area contributed by atoms with Crippen LogP contribution >= 0.6 is 0 Å². The highest BCUT2D eigenvalue weighted by molar-refractivity contribution is 5.77. The van der Waals surface area contributed by atoms with Gasteiger partial charge in [-0.25, -0.2) is 4.79 Å². The van der Waals surface area contributed by atoms with E-state index in [1.807, 2.05) is 4.90 Å². The van der Waals surface area contributed by atoms with Crippen LogP contribution in [0.1, 0.15) is 33.6 Å². The van der Waals surface area contributed by atoms with E-state index in [4.69, 9.17) is 4.74 Å². The van der Waals surface area contributed by atoms with E-state index >= 15 is 0 Å². The SMILES string of the molecule is COC1CCN(C(=O)N2C3CC2CN(C(C)(C)C)C3)C1. The number of carbonyl (C=O) groups excluding carboxylic acids is 1. The van der Waals surface area contributed by atoms with Crippen LogP contribution in [0.15, 0.2) is 0 Å². The van der Waals surface area contributed by atoms with Crippen molar-refractivity contribution in [1.29, 1.82) is 0 Å². The number of urea groups is 1. The highest BCUT2D eigenvalue weighted by atomic mass is 16.5. The van der Waals surface area contributed by atoms with Crippen LogP contribution in [0.4, 0.5) is 4.79 Å². The van der Waals surface area contributed by atoms with Crippen molar-refractivity contribution in [3.63, 3.8) is 0 Å². The maximum absolute atomic E-state index is 12.6. The van der Waals surface area contributed by atoms with Crippen molar-refractivity contribution in [2.24, 2.45) is 0 Å². The summed E-state index contributed by atoms with van der Waals surface area (Å²) in [7, 11) is 1.73. The minimum Gasteiger partial charge on any atom is -0.380 e. The van der Waals surface area contributed by atoms with Crippen LogP contribution in [0, 0.1) is 0 Å². The van der Waals surface area contributed by atoms with Crippen molar-refractivity contribution < 1.29 is 9.53 Å². The van der Waals surface area contributed by atoms with Gasteiger partial charge in [0.2, 0.25) is 0 Å². The number of fused-ring (bicyclic) bond motifs is 2. The zero-order valence-corrected chi connectivity index (χ0v) is 13.1. The molecule has 3 aliphatic rings. The summed E-state index contributed by atoms with van der Waals surface area (Å²) in [6.07, 6.45) is 2.38. The van der Waals surface area contributed by atoms with Crippen LogP contribution in [-0.2, 0) is 4.74 Å². The first-order valence-electron chi connectivity index (χ1n) is 7.75. The van der Waals surface area contributed by atoms with Crippen molar-refractivity contribution in [1.82, 2.24) is 14.7 Å². The van der Waals surface area contributed by atoms with Gasteiger partial charge in [-0.3, -0.25) is 4.90 Å². The number of hydrogen-bond acceptors (Lipinski definition) is 3. The Kier molecular flexibility index (Phi) is 3.45. The molecule has 0 N–H and O–H groups in total. The minimum absolute atomic E-state index is 0.209. The summed E-state index contributed by atoms with van der Waals surface area (Å²) in [6, 6.07) is 1.07. The molecule has 0 saturated carbocycles. The monoisotopic (exact) mass is 281 g/mol. The summed E-state index contributed by atoms with van der Waals surface area (Å²) < 4.78 is 5.36. The molecule has 0 radical (unpaired) electrons. The van der Waals surface area contributed by atoms with Crippen molar-refractivity contribution in [2.75, 3.05) is 33.3 Å². The van der Waals surface area contributed by atoms with Gasteiger partial charge in [0.15, 0.2) is 0 Å². The first kappa shape index (κ1) is 14.1. The van der Waals surface area contributed by atoms with Crippen LogP contribution in [0.3, 0.4) is 0 Å². The molecule has 5 heteroatoms. The molecule has 0 spiro atoms. The molecule has 3 heterocycles. The third kappa shape index (κ3) is 2.31. The molecule has 0 aromatic rings. The van der Waals surface area contributed by atoms with Crippen molar-refractivity contribution in [2.45, 2.75) is 57.3 Å². The summed E-state index contributed by atoms with van der Waals surface area (Å²) in [5, 5.41) is 0. The van der Waals surface area contributed by atoms with Crippen molar-refractivity contribution >= 4 is 6.03 Å². The number of methoxy groups -OCH3 is 1. The van der Waals surface area contributed by atoms with E-state index < -0.39 is 0 Å². The predicted octanol–water partition coefficient (Wildman–Crippen LogP) is 1.38.